The molecule has 0 radical (unpaired) electrons. The third-order valence-electron chi connectivity index (χ3n) is 7.53. The lowest BCUT2D eigenvalue weighted by molar-refractivity contribution is 0.100. The zero-order valence-electron chi connectivity index (χ0n) is 24.1. The summed E-state index contributed by atoms with van der Waals surface area (Å²) in [4.78, 5) is 35.4. The summed E-state index contributed by atoms with van der Waals surface area (Å²) in [5.74, 6) is 0.242. The molecule has 3 heterocycles. The molecule has 0 saturated heterocycles. The molecular weight excluding hydrogens is 609 g/mol. The topological polar surface area (TPSA) is 51.2 Å². The Morgan fingerprint density at radius 2 is 0.698 bits per heavy atom. The maximum atomic E-state index is 11.8. The quantitative estimate of drug-likeness (QED) is 0.107. The van der Waals surface area contributed by atoms with Crippen LogP contribution >= 0.6 is 37.8 Å². The van der Waals surface area contributed by atoms with Gasteiger partial charge in [-0.25, -0.2) is 0 Å². The average Bonchev–Trinajstić information content (AvgIpc) is 3.80. The van der Waals surface area contributed by atoms with Crippen molar-refractivity contribution in [1.82, 2.24) is 0 Å². The maximum absolute atomic E-state index is 11.8. The van der Waals surface area contributed by atoms with E-state index in [0.29, 0.717) is 0 Å². The molecule has 3 unspecified atom stereocenters. The van der Waals surface area contributed by atoms with Crippen LogP contribution < -0.4 is 0 Å². The fourth-order valence-electron chi connectivity index (χ4n) is 5.05. The normalized spacial score (nSPS) is 23.9. The number of benzene rings is 3. The van der Waals surface area contributed by atoms with Crippen LogP contribution in [0.5, 0.6) is 0 Å². The van der Waals surface area contributed by atoms with Crippen molar-refractivity contribution >= 4 is 71.8 Å². The Kier molecular flexibility index (Phi) is 8.68. The van der Waals surface area contributed by atoms with Crippen molar-refractivity contribution in [1.29, 1.82) is 0 Å². The molecule has 3 atom stereocenters. The molecule has 6 rings (SSSR count). The molecule has 0 aliphatic carbocycles. The van der Waals surface area contributed by atoms with Crippen molar-refractivity contribution in [2.75, 3.05) is 0 Å². The third kappa shape index (κ3) is 6.41. The number of hydrogen-bond acceptors (Lipinski definition) is 3. The fraction of sp³-hybridized carbons (Fsp3) is 0.0833. The molecule has 0 N–H and O–H groups in total. The van der Waals surface area contributed by atoms with Crippen LogP contribution in [0, 0.1) is 0 Å². The molecule has 0 aromatic heterocycles. The van der Waals surface area contributed by atoms with Crippen LogP contribution in [-0.2, 0) is 0 Å². The van der Waals surface area contributed by atoms with Gasteiger partial charge in [-0.2, -0.15) is 29.8 Å². The first-order valence-corrected chi connectivity index (χ1v) is 21.9. The van der Waals surface area contributed by atoms with Crippen LogP contribution in [0.25, 0.3) is 16.7 Å². The highest BCUT2D eigenvalue weighted by Gasteiger charge is 2.27. The zero-order valence-corrected chi connectivity index (χ0v) is 27.7. The molecule has 0 bridgehead atoms. The van der Waals surface area contributed by atoms with Gasteiger partial charge in [0.1, 0.15) is 0 Å². The van der Waals surface area contributed by atoms with E-state index in [1.165, 1.54) is 16.7 Å². The van der Waals surface area contributed by atoms with Crippen LogP contribution in [0.1, 0.15) is 68.5 Å². The van der Waals surface area contributed by atoms with Gasteiger partial charge in [0.05, 0.1) is 0 Å². The fourth-order valence-corrected chi connectivity index (χ4v) is 27.5. The number of allylic oxidation sites excluding steroid dienone is 6. The highest BCUT2D eigenvalue weighted by Crippen LogP contribution is 2.87. The van der Waals surface area contributed by atoms with Gasteiger partial charge in [-0.15, -0.1) is 7.99 Å². The summed E-state index contributed by atoms with van der Waals surface area (Å²) >= 11 is 0. The zero-order chi connectivity index (χ0) is 30.1. The summed E-state index contributed by atoms with van der Waals surface area (Å²) in [7, 11) is -1.88. The predicted molar refractivity (Wildman–Crippen MR) is 197 cm³/mol. The molecule has 3 aromatic rings. The third-order valence-corrected chi connectivity index (χ3v) is 28.9. The SMILES string of the molecule is CC(=O)c1ccc(C2=C[SH]([SH]([SH]3C=CC(c4ccc(C(C)=O)cc4)=C3)[SH]3C=CC(c4ccc(C(C)=O)cc4)=C3)C=C2)cc1. The monoisotopic (exact) mass is 642 g/mol. The second kappa shape index (κ2) is 12.6. The molecule has 3 aliphatic heterocycles. The Morgan fingerprint density at radius 1 is 0.442 bits per heavy atom. The van der Waals surface area contributed by atoms with Crippen molar-refractivity contribution in [3.63, 3.8) is 0 Å². The van der Waals surface area contributed by atoms with E-state index in [1.807, 2.05) is 36.4 Å². The Morgan fingerprint density at radius 3 is 0.930 bits per heavy atom. The van der Waals surface area contributed by atoms with E-state index in [-0.39, 0.29) is 17.3 Å². The highest BCUT2D eigenvalue weighted by atomic mass is 33.8. The van der Waals surface area contributed by atoms with Gasteiger partial charge in [-0.1, -0.05) is 72.8 Å². The number of carbonyl (C=O) groups excluding carboxylic acids is 3. The summed E-state index contributed by atoms with van der Waals surface area (Å²) in [5, 5.41) is 14.7. The van der Waals surface area contributed by atoms with Crippen LogP contribution in [-0.4, -0.2) is 17.3 Å². The van der Waals surface area contributed by atoms with E-state index in [1.54, 1.807) is 20.8 Å². The van der Waals surface area contributed by atoms with Crippen molar-refractivity contribution in [3.8, 4) is 0 Å². The first-order valence-electron chi connectivity index (χ1n) is 14.0. The van der Waals surface area contributed by atoms with Gasteiger partial charge in [0.15, 0.2) is 17.3 Å². The van der Waals surface area contributed by atoms with E-state index in [2.05, 4.69) is 87.1 Å². The van der Waals surface area contributed by atoms with E-state index >= 15 is 0 Å². The van der Waals surface area contributed by atoms with Gasteiger partial charge in [0.2, 0.25) is 0 Å². The lowest BCUT2D eigenvalue weighted by Gasteiger charge is -2.40. The molecule has 7 heteroatoms. The van der Waals surface area contributed by atoms with Gasteiger partial charge in [0, 0.05) is 16.7 Å². The lowest BCUT2D eigenvalue weighted by atomic mass is 10.0. The number of hydrogen-bond donors (Lipinski definition) is 4. The number of thiol groups is 4. The minimum absolute atomic E-state index is 0.0805. The van der Waals surface area contributed by atoms with Gasteiger partial charge in [0.25, 0.3) is 0 Å². The van der Waals surface area contributed by atoms with Crippen molar-refractivity contribution in [3.05, 3.63) is 157 Å². The summed E-state index contributed by atoms with van der Waals surface area (Å²) in [5.41, 5.74) is 9.35. The highest BCUT2D eigenvalue weighted by molar-refractivity contribution is 9.50. The summed E-state index contributed by atoms with van der Waals surface area (Å²) in [6.07, 6.45) is 6.80. The standard InChI is InChI=1S/C36H34O3S4/c1-25(37)28-4-10-31(11-5-28)34-16-19-40(22-34)43(41-20-17-35(23-41)32-12-6-29(7-13-32)26(2)38)42-21-18-36(24-42)33-14-8-30(9-15-33)27(3)39/h4-24,40-43H,1-3H3. The van der Waals surface area contributed by atoms with Crippen molar-refractivity contribution in [2.24, 2.45) is 0 Å². The molecule has 3 aliphatic rings. The predicted octanol–water partition coefficient (Wildman–Crippen LogP) is 10.0. The molecule has 220 valence electrons. The van der Waals surface area contributed by atoms with Crippen molar-refractivity contribution in [2.45, 2.75) is 20.8 Å². The Labute approximate surface area is 262 Å². The Bertz CT molecular complexity index is 1580. The van der Waals surface area contributed by atoms with Gasteiger partial charge < -0.3 is 0 Å². The van der Waals surface area contributed by atoms with Gasteiger partial charge >= 0.3 is 0 Å². The van der Waals surface area contributed by atoms with Crippen LogP contribution in [0.3, 0.4) is 0 Å². The smallest absolute Gasteiger partial charge is 0.159 e. The van der Waals surface area contributed by atoms with Gasteiger partial charge in [-0.05, 0) is 105 Å². The van der Waals surface area contributed by atoms with Crippen LogP contribution in [0.4, 0.5) is 0 Å². The lowest BCUT2D eigenvalue weighted by Crippen LogP contribution is -1.91. The second-order valence-corrected chi connectivity index (χ2v) is 25.6. The van der Waals surface area contributed by atoms with E-state index in [0.717, 1.165) is 33.4 Å². The van der Waals surface area contributed by atoms with Crippen molar-refractivity contribution < 1.29 is 14.4 Å². The molecule has 3 nitrogen and oxygen atoms in total. The van der Waals surface area contributed by atoms with Crippen LogP contribution in [0.15, 0.2) is 123 Å². The molecule has 0 amide bonds. The van der Waals surface area contributed by atoms with Crippen LogP contribution in [0.2, 0.25) is 0 Å². The summed E-state index contributed by atoms with van der Waals surface area (Å²) < 4.78 is 0. The second-order valence-electron chi connectivity index (χ2n) is 10.5. The summed E-state index contributed by atoms with van der Waals surface area (Å²) in [6.45, 7) is 4.80. The molecular formula is C36H34O3S4. The Balaban J connectivity index is 1.32. The number of carbonyl (C=O) groups is 3. The number of Topliss-reactive ketones (excluding diaryl/α,β-unsaturated/α-hetero) is 3. The molecule has 0 saturated carbocycles. The maximum Gasteiger partial charge on any atom is 0.159 e. The minimum atomic E-state index is -0.485. The largest absolute Gasteiger partial charge is 0.295 e. The number of rotatable bonds is 9. The first kappa shape index (κ1) is 29.6. The minimum Gasteiger partial charge on any atom is -0.295 e. The average molecular weight is 643 g/mol. The van der Waals surface area contributed by atoms with E-state index < -0.39 is 37.8 Å². The van der Waals surface area contributed by atoms with Gasteiger partial charge in [-0.3, -0.25) is 14.4 Å². The first-order chi connectivity index (χ1) is 20.8. The summed E-state index contributed by atoms with van der Waals surface area (Å²) in [6, 6.07) is 23.9. The van der Waals surface area contributed by atoms with E-state index in [9.17, 15) is 14.4 Å². The number of ketones is 3. The Hall–Kier alpha value is -3.49. The molecule has 0 spiro atoms. The molecule has 3 aromatic carbocycles. The molecule has 0 fully saturated rings. The van der Waals surface area contributed by atoms with E-state index in [4.69, 9.17) is 0 Å². The molecule has 43 heavy (non-hydrogen) atoms.